The Bertz CT molecular complexity index is 1470. The predicted molar refractivity (Wildman–Crippen MR) is 285 cm³/mol. The van der Waals surface area contributed by atoms with Crippen molar-refractivity contribution in [2.45, 2.75) is 272 Å². The number of hydrogen-bond donors (Lipinski definition) is 3. The van der Waals surface area contributed by atoms with E-state index in [1.54, 1.807) is 0 Å². The van der Waals surface area contributed by atoms with Crippen molar-refractivity contribution in [1.29, 1.82) is 0 Å². The first-order chi connectivity index (χ1) is 34.9. The molecule has 0 aromatic carbocycles. The molecule has 0 aromatic rings. The summed E-state index contributed by atoms with van der Waals surface area (Å²) in [7, 11) is -9.85. The van der Waals surface area contributed by atoms with E-state index in [1.165, 1.54) is 44.9 Å². The largest absolute Gasteiger partial charge is 0.472 e. The van der Waals surface area contributed by atoms with Crippen LogP contribution in [0.4, 0.5) is 0 Å². The van der Waals surface area contributed by atoms with Gasteiger partial charge >= 0.3 is 39.5 Å². The van der Waals surface area contributed by atoms with Gasteiger partial charge in [-0.2, -0.15) is 0 Å². The lowest BCUT2D eigenvalue weighted by atomic mass is 10.00. The minimum Gasteiger partial charge on any atom is -0.462 e. The van der Waals surface area contributed by atoms with E-state index in [-0.39, 0.29) is 25.7 Å². The Morgan fingerprint density at radius 1 is 0.397 bits per heavy atom. The topological polar surface area (TPSA) is 237 Å². The van der Waals surface area contributed by atoms with Crippen molar-refractivity contribution >= 4 is 39.5 Å². The molecule has 0 amide bonds. The third kappa shape index (κ3) is 48.2. The van der Waals surface area contributed by atoms with E-state index in [4.69, 9.17) is 37.0 Å². The van der Waals surface area contributed by atoms with Crippen LogP contribution in [0.15, 0.2) is 0 Å². The van der Waals surface area contributed by atoms with Gasteiger partial charge in [-0.05, 0) is 37.5 Å². The smallest absolute Gasteiger partial charge is 0.462 e. The lowest BCUT2D eigenvalue weighted by Crippen LogP contribution is -2.30. The van der Waals surface area contributed by atoms with E-state index in [1.807, 2.05) is 0 Å². The third-order valence-electron chi connectivity index (χ3n) is 12.6. The number of aliphatic hydroxyl groups is 1. The average molecular weight is 1090 g/mol. The van der Waals surface area contributed by atoms with Gasteiger partial charge in [0.05, 0.1) is 26.4 Å². The number of phosphoric acid groups is 2. The molecule has 0 spiro atoms. The van der Waals surface area contributed by atoms with Gasteiger partial charge in [0.1, 0.15) is 19.3 Å². The SMILES string of the molecule is CCCCCCCCCC(=O)O[C@H](COC(=O)CCCCCCC)COP(=O)(O)OC[C@H](O)COP(=O)(O)OC[C@@H](COC(=O)CCCCCCCCC(C)CC)OC(=O)CCCCCCCCCCC(C)C. The summed E-state index contributed by atoms with van der Waals surface area (Å²) in [5.74, 6) is -0.717. The highest BCUT2D eigenvalue weighted by Crippen LogP contribution is 2.45. The summed E-state index contributed by atoms with van der Waals surface area (Å²) < 4.78 is 67.2. The molecular weight excluding hydrogens is 983 g/mol. The molecule has 3 unspecified atom stereocenters. The normalized spacial score (nSPS) is 15.0. The summed E-state index contributed by atoms with van der Waals surface area (Å²) >= 11 is 0. The standard InChI is InChI=1S/C54H104O17P2/c1-7-10-12-14-17-26-32-38-53(58)70-49(42-64-51(56)36-30-22-13-11-8-2)44-68-72(60,61)66-40-48(55)41-67-73(62,63)69-45-50(43-65-52(57)37-31-25-21-20-24-29-35-47(6)9-3)71-54(59)39-33-27-19-16-15-18-23-28-34-46(4)5/h46-50,55H,7-45H2,1-6H3,(H,60,61)(H,62,63)/t47?,48-,49+,50+/m0/s1. The molecule has 0 bridgehead atoms. The van der Waals surface area contributed by atoms with Crippen molar-refractivity contribution in [3.05, 3.63) is 0 Å². The monoisotopic (exact) mass is 1090 g/mol. The van der Waals surface area contributed by atoms with Gasteiger partial charge in [-0.25, -0.2) is 9.13 Å². The molecule has 0 aliphatic rings. The Kier molecular flexibility index (Phi) is 46.0. The highest BCUT2D eigenvalue weighted by Gasteiger charge is 2.30. The highest BCUT2D eigenvalue weighted by atomic mass is 31.2. The first-order valence-electron chi connectivity index (χ1n) is 28.5. The minimum atomic E-state index is -4.93. The molecule has 0 aliphatic carbocycles. The van der Waals surface area contributed by atoms with Crippen LogP contribution in [-0.2, 0) is 65.4 Å². The molecule has 17 nitrogen and oxygen atoms in total. The maximum Gasteiger partial charge on any atom is 0.472 e. The van der Waals surface area contributed by atoms with Gasteiger partial charge in [-0.15, -0.1) is 0 Å². The quantitative estimate of drug-likeness (QED) is 0.0222. The van der Waals surface area contributed by atoms with Crippen molar-refractivity contribution in [3.63, 3.8) is 0 Å². The van der Waals surface area contributed by atoms with E-state index < -0.39 is 97.5 Å². The van der Waals surface area contributed by atoms with Crippen molar-refractivity contribution in [3.8, 4) is 0 Å². The Labute approximate surface area is 441 Å². The van der Waals surface area contributed by atoms with Crippen LogP contribution in [0, 0.1) is 11.8 Å². The van der Waals surface area contributed by atoms with Crippen molar-refractivity contribution < 1.29 is 80.2 Å². The molecular formula is C54H104O17P2. The number of carbonyl (C=O) groups excluding carboxylic acids is 4. The van der Waals surface area contributed by atoms with Gasteiger partial charge in [-0.1, -0.05) is 202 Å². The lowest BCUT2D eigenvalue weighted by Gasteiger charge is -2.21. The van der Waals surface area contributed by atoms with E-state index in [0.29, 0.717) is 25.7 Å². The summed E-state index contributed by atoms with van der Waals surface area (Å²) in [6.45, 7) is 9.19. The Morgan fingerprint density at radius 3 is 1.04 bits per heavy atom. The molecule has 0 rings (SSSR count). The van der Waals surface area contributed by atoms with Gasteiger partial charge in [0.25, 0.3) is 0 Å². The number of esters is 4. The zero-order valence-corrected chi connectivity index (χ0v) is 48.2. The first-order valence-corrected chi connectivity index (χ1v) is 31.5. The fraction of sp³-hybridized carbons (Fsp3) is 0.926. The average Bonchev–Trinajstić information content (AvgIpc) is 3.35. The van der Waals surface area contributed by atoms with Crippen LogP contribution in [0.3, 0.4) is 0 Å². The van der Waals surface area contributed by atoms with E-state index in [0.717, 1.165) is 127 Å². The fourth-order valence-corrected chi connectivity index (χ4v) is 9.31. The summed E-state index contributed by atoms with van der Waals surface area (Å²) in [5.41, 5.74) is 0. The third-order valence-corrected chi connectivity index (χ3v) is 14.5. The second-order valence-electron chi connectivity index (χ2n) is 20.3. The Balaban J connectivity index is 5.19. The van der Waals surface area contributed by atoms with Gasteiger partial charge in [-0.3, -0.25) is 37.3 Å². The number of aliphatic hydroxyl groups excluding tert-OH is 1. The summed E-state index contributed by atoms with van der Waals surface area (Å²) in [6.07, 6.45) is 25.8. The van der Waals surface area contributed by atoms with Gasteiger partial charge in [0.15, 0.2) is 12.2 Å². The summed E-state index contributed by atoms with van der Waals surface area (Å²) in [6, 6.07) is 0. The molecule has 0 fully saturated rings. The number of carbonyl (C=O) groups is 4. The molecule has 0 aromatic heterocycles. The Morgan fingerprint density at radius 2 is 0.699 bits per heavy atom. The second kappa shape index (κ2) is 47.3. The number of ether oxygens (including phenoxy) is 4. The van der Waals surface area contributed by atoms with Gasteiger partial charge in [0.2, 0.25) is 0 Å². The van der Waals surface area contributed by atoms with Crippen molar-refractivity contribution in [2.75, 3.05) is 39.6 Å². The van der Waals surface area contributed by atoms with Crippen LogP contribution in [0.5, 0.6) is 0 Å². The zero-order valence-electron chi connectivity index (χ0n) is 46.4. The number of unbranched alkanes of at least 4 members (excludes halogenated alkanes) is 22. The molecule has 432 valence electrons. The lowest BCUT2D eigenvalue weighted by molar-refractivity contribution is -0.161. The maximum absolute atomic E-state index is 12.9. The van der Waals surface area contributed by atoms with E-state index >= 15 is 0 Å². The molecule has 0 radical (unpaired) electrons. The summed E-state index contributed by atoms with van der Waals surface area (Å²) in [4.78, 5) is 71.3. The molecule has 6 atom stereocenters. The van der Waals surface area contributed by atoms with Gasteiger partial charge in [0, 0.05) is 25.7 Å². The van der Waals surface area contributed by atoms with Crippen LogP contribution in [0.25, 0.3) is 0 Å². The minimum absolute atomic E-state index is 0.102. The van der Waals surface area contributed by atoms with Crippen molar-refractivity contribution in [1.82, 2.24) is 0 Å². The second-order valence-corrected chi connectivity index (χ2v) is 23.2. The van der Waals surface area contributed by atoms with Crippen LogP contribution >= 0.6 is 15.6 Å². The van der Waals surface area contributed by atoms with Crippen molar-refractivity contribution in [2.24, 2.45) is 11.8 Å². The number of hydrogen-bond acceptors (Lipinski definition) is 15. The van der Waals surface area contributed by atoms with E-state index in [2.05, 4.69) is 41.5 Å². The molecule has 0 saturated heterocycles. The predicted octanol–water partition coefficient (Wildman–Crippen LogP) is 13.7. The molecule has 3 N–H and O–H groups in total. The van der Waals surface area contributed by atoms with Crippen LogP contribution in [0.1, 0.15) is 253 Å². The number of rotatable bonds is 53. The first kappa shape index (κ1) is 71.1. The summed E-state index contributed by atoms with van der Waals surface area (Å²) in [5, 5.41) is 10.4. The molecule has 0 saturated carbocycles. The van der Waals surface area contributed by atoms with Crippen LogP contribution < -0.4 is 0 Å². The molecule has 73 heavy (non-hydrogen) atoms. The van der Waals surface area contributed by atoms with E-state index in [9.17, 15) is 43.2 Å². The highest BCUT2D eigenvalue weighted by molar-refractivity contribution is 7.47. The number of phosphoric ester groups is 2. The van der Waals surface area contributed by atoms with Crippen LogP contribution in [-0.4, -0.2) is 96.7 Å². The van der Waals surface area contributed by atoms with Gasteiger partial charge < -0.3 is 33.8 Å². The molecule has 0 heterocycles. The fourth-order valence-electron chi connectivity index (χ4n) is 7.73. The van der Waals surface area contributed by atoms with Crippen LogP contribution in [0.2, 0.25) is 0 Å². The Hall–Kier alpha value is -1.94. The maximum atomic E-state index is 12.9. The zero-order chi connectivity index (χ0) is 54.4. The molecule has 19 heteroatoms. The molecule has 0 aliphatic heterocycles.